The van der Waals surface area contributed by atoms with E-state index in [1.807, 2.05) is 0 Å². The smallest absolute Gasteiger partial charge is 0.137 e. The van der Waals surface area contributed by atoms with Crippen molar-refractivity contribution in [3.8, 4) is 10.6 Å². The lowest BCUT2D eigenvalue weighted by molar-refractivity contribution is 0.00729. The van der Waals surface area contributed by atoms with Crippen LogP contribution in [0.3, 0.4) is 0 Å². The zero-order valence-corrected chi connectivity index (χ0v) is 17.5. The number of aryl methyl sites for hydroxylation is 2. The number of morpholine rings is 1. The van der Waals surface area contributed by atoms with Crippen molar-refractivity contribution < 1.29 is 4.74 Å². The highest BCUT2D eigenvalue weighted by molar-refractivity contribution is 7.15. The number of fused-ring (bicyclic) bond motifs is 1. The number of aromatic amines is 1. The Morgan fingerprint density at radius 1 is 1.14 bits per heavy atom. The van der Waals surface area contributed by atoms with Crippen LogP contribution in [0.2, 0.25) is 0 Å². The molecule has 5 rings (SSSR count). The van der Waals surface area contributed by atoms with Crippen LogP contribution in [0.25, 0.3) is 21.6 Å². The second-order valence-corrected chi connectivity index (χ2v) is 9.38. The van der Waals surface area contributed by atoms with Crippen LogP contribution in [0.1, 0.15) is 47.7 Å². The molecule has 1 N–H and O–H groups in total. The van der Waals surface area contributed by atoms with Gasteiger partial charge in [-0.3, -0.25) is 4.90 Å². The van der Waals surface area contributed by atoms with Crippen molar-refractivity contribution in [2.75, 3.05) is 26.3 Å². The molecule has 2 aliphatic rings. The highest BCUT2D eigenvalue weighted by Gasteiger charge is 2.28. The number of aromatic nitrogens is 3. The van der Waals surface area contributed by atoms with Crippen molar-refractivity contribution in [2.45, 2.75) is 51.5 Å². The molecule has 0 spiro atoms. The fourth-order valence-corrected chi connectivity index (χ4v) is 5.67. The highest BCUT2D eigenvalue weighted by Crippen LogP contribution is 2.38. The fourth-order valence-electron chi connectivity index (χ4n) is 4.72. The predicted octanol–water partition coefficient (Wildman–Crippen LogP) is 4.66. The van der Waals surface area contributed by atoms with Gasteiger partial charge in [-0.05, 0) is 57.1 Å². The number of thiazole rings is 1. The minimum atomic E-state index is 0.622. The first-order valence-corrected chi connectivity index (χ1v) is 11.2. The van der Waals surface area contributed by atoms with Crippen LogP contribution in [-0.4, -0.2) is 52.2 Å². The number of nitrogens with one attached hydrogen (secondary N) is 1. The maximum atomic E-state index is 5.51. The molecule has 1 aliphatic carbocycles. The van der Waals surface area contributed by atoms with E-state index in [-0.39, 0.29) is 0 Å². The molecule has 1 saturated heterocycles. The van der Waals surface area contributed by atoms with E-state index in [2.05, 4.69) is 42.2 Å². The van der Waals surface area contributed by atoms with E-state index in [1.165, 1.54) is 47.1 Å². The molecule has 2 fully saturated rings. The van der Waals surface area contributed by atoms with Crippen LogP contribution in [-0.2, 0) is 4.74 Å². The molecular weight excluding hydrogens is 368 g/mol. The van der Waals surface area contributed by atoms with Gasteiger partial charge >= 0.3 is 0 Å². The van der Waals surface area contributed by atoms with E-state index >= 15 is 0 Å². The van der Waals surface area contributed by atoms with Crippen molar-refractivity contribution in [3.05, 3.63) is 34.6 Å². The van der Waals surface area contributed by atoms with Gasteiger partial charge in [0.2, 0.25) is 0 Å². The Morgan fingerprint density at radius 2 is 1.93 bits per heavy atom. The van der Waals surface area contributed by atoms with Crippen molar-refractivity contribution in [2.24, 2.45) is 0 Å². The quantitative estimate of drug-likeness (QED) is 0.699. The summed E-state index contributed by atoms with van der Waals surface area (Å²) in [4.78, 5) is 16.8. The number of hydrogen-bond donors (Lipinski definition) is 1. The third-order valence-electron chi connectivity index (χ3n) is 6.54. The number of nitrogens with zero attached hydrogens (tertiary/aromatic N) is 3. The van der Waals surface area contributed by atoms with Crippen molar-refractivity contribution in [1.82, 2.24) is 19.9 Å². The lowest BCUT2D eigenvalue weighted by Crippen LogP contribution is -2.44. The summed E-state index contributed by atoms with van der Waals surface area (Å²) in [6, 6.07) is 3.10. The van der Waals surface area contributed by atoms with E-state index in [0.29, 0.717) is 5.92 Å². The van der Waals surface area contributed by atoms with E-state index < -0.39 is 0 Å². The average molecular weight is 397 g/mol. The molecule has 3 aromatic rings. The van der Waals surface area contributed by atoms with Gasteiger partial charge in [0.15, 0.2) is 0 Å². The molecule has 0 amide bonds. The molecule has 1 saturated carbocycles. The SMILES string of the molecule is Cc1nc(-c2c[nH]c3ncc(C4CCC(N5CCOCC5)CC4)cc23)sc1C. The van der Waals surface area contributed by atoms with Crippen LogP contribution in [0, 0.1) is 13.8 Å². The van der Waals surface area contributed by atoms with Crippen molar-refractivity contribution in [3.63, 3.8) is 0 Å². The minimum absolute atomic E-state index is 0.622. The van der Waals surface area contributed by atoms with Crippen LogP contribution >= 0.6 is 11.3 Å². The first-order valence-electron chi connectivity index (χ1n) is 10.4. The molecule has 0 radical (unpaired) electrons. The molecule has 0 bridgehead atoms. The van der Waals surface area contributed by atoms with Crippen LogP contribution in [0.5, 0.6) is 0 Å². The van der Waals surface area contributed by atoms with Crippen LogP contribution in [0.15, 0.2) is 18.5 Å². The third kappa shape index (κ3) is 3.38. The van der Waals surface area contributed by atoms with Gasteiger partial charge in [-0.2, -0.15) is 0 Å². The van der Waals surface area contributed by atoms with Gasteiger partial charge < -0.3 is 9.72 Å². The monoisotopic (exact) mass is 396 g/mol. The number of rotatable bonds is 3. The Labute approximate surface area is 170 Å². The molecule has 28 heavy (non-hydrogen) atoms. The summed E-state index contributed by atoms with van der Waals surface area (Å²) in [7, 11) is 0. The van der Waals surface area contributed by atoms with Gasteiger partial charge in [0.05, 0.1) is 18.9 Å². The Kier molecular flexibility index (Phi) is 4.95. The van der Waals surface area contributed by atoms with Crippen LogP contribution < -0.4 is 0 Å². The molecular formula is C22H28N4OS. The zero-order valence-electron chi connectivity index (χ0n) is 16.7. The van der Waals surface area contributed by atoms with Gasteiger partial charge in [0.1, 0.15) is 10.7 Å². The summed E-state index contributed by atoms with van der Waals surface area (Å²) in [5.74, 6) is 0.622. The molecule has 6 heteroatoms. The lowest BCUT2D eigenvalue weighted by atomic mass is 9.81. The number of hydrogen-bond acceptors (Lipinski definition) is 5. The molecule has 0 unspecified atom stereocenters. The van der Waals surface area contributed by atoms with Crippen LogP contribution in [0.4, 0.5) is 0 Å². The fraction of sp³-hybridized carbons (Fsp3) is 0.545. The van der Waals surface area contributed by atoms with E-state index in [1.54, 1.807) is 11.3 Å². The minimum Gasteiger partial charge on any atom is -0.379 e. The van der Waals surface area contributed by atoms with Crippen molar-refractivity contribution >= 4 is 22.4 Å². The number of ether oxygens (including phenoxy) is 1. The van der Waals surface area contributed by atoms with E-state index in [0.717, 1.165) is 48.7 Å². The van der Waals surface area contributed by atoms with Gasteiger partial charge in [0, 0.05) is 47.4 Å². The second kappa shape index (κ2) is 7.58. The normalized spacial score (nSPS) is 24.1. The average Bonchev–Trinajstić information content (AvgIpc) is 3.31. The zero-order chi connectivity index (χ0) is 19.1. The first kappa shape index (κ1) is 18.3. The highest BCUT2D eigenvalue weighted by atomic mass is 32.1. The Bertz CT molecular complexity index is 945. The molecule has 0 aromatic carbocycles. The topological polar surface area (TPSA) is 54.0 Å². The molecule has 5 nitrogen and oxygen atoms in total. The number of pyridine rings is 1. The summed E-state index contributed by atoms with van der Waals surface area (Å²) in [5, 5.41) is 2.30. The van der Waals surface area contributed by atoms with Gasteiger partial charge in [-0.15, -0.1) is 11.3 Å². The van der Waals surface area contributed by atoms with E-state index in [4.69, 9.17) is 14.7 Å². The molecule has 1 aliphatic heterocycles. The van der Waals surface area contributed by atoms with E-state index in [9.17, 15) is 0 Å². The Hall–Kier alpha value is -1.76. The lowest BCUT2D eigenvalue weighted by Gasteiger charge is -2.38. The molecule has 148 valence electrons. The standard InChI is InChI=1S/C22H28N4OS/c1-14-15(2)28-22(25-14)20-13-24-21-19(20)11-17(12-23-21)16-3-5-18(6-4-16)26-7-9-27-10-8-26/h11-13,16,18H,3-10H2,1-2H3,(H,23,24). The van der Waals surface area contributed by atoms with Gasteiger partial charge in [-0.1, -0.05) is 0 Å². The first-order chi connectivity index (χ1) is 13.7. The van der Waals surface area contributed by atoms with Gasteiger partial charge in [-0.25, -0.2) is 9.97 Å². The predicted molar refractivity (Wildman–Crippen MR) is 114 cm³/mol. The van der Waals surface area contributed by atoms with Gasteiger partial charge in [0.25, 0.3) is 0 Å². The molecule has 3 aromatic heterocycles. The second-order valence-electron chi connectivity index (χ2n) is 8.18. The summed E-state index contributed by atoms with van der Waals surface area (Å²) >= 11 is 1.77. The molecule has 0 atom stereocenters. The Balaban J connectivity index is 1.36. The summed E-state index contributed by atoms with van der Waals surface area (Å²) in [6.07, 6.45) is 9.23. The largest absolute Gasteiger partial charge is 0.379 e. The summed E-state index contributed by atoms with van der Waals surface area (Å²) in [6.45, 7) is 8.21. The maximum Gasteiger partial charge on any atom is 0.137 e. The maximum absolute atomic E-state index is 5.51. The molecule has 4 heterocycles. The third-order valence-corrected chi connectivity index (χ3v) is 7.65. The van der Waals surface area contributed by atoms with Crippen molar-refractivity contribution in [1.29, 1.82) is 0 Å². The number of H-pyrrole nitrogens is 1. The summed E-state index contributed by atoms with van der Waals surface area (Å²) < 4.78 is 5.51. The summed E-state index contributed by atoms with van der Waals surface area (Å²) in [5.41, 5.74) is 4.66. The Morgan fingerprint density at radius 3 is 2.64 bits per heavy atom.